The molecule has 0 aliphatic rings. The molecule has 2 unspecified atom stereocenters. The van der Waals surface area contributed by atoms with Gasteiger partial charge in [-0.15, -0.1) is 0 Å². The number of thioether (sulfide) groups is 1. The van der Waals surface area contributed by atoms with E-state index in [4.69, 9.17) is 0 Å². The number of para-hydroxylation sites is 1. The van der Waals surface area contributed by atoms with Crippen LogP contribution in [0.3, 0.4) is 0 Å². The van der Waals surface area contributed by atoms with E-state index in [1.54, 1.807) is 12.1 Å². The van der Waals surface area contributed by atoms with Crippen LogP contribution in [0, 0.1) is 12.7 Å². The molecule has 0 saturated heterocycles. The lowest BCUT2D eigenvalue weighted by Gasteiger charge is -2.18. The first-order valence-electron chi connectivity index (χ1n) is 8.53. The highest BCUT2D eigenvalue weighted by molar-refractivity contribution is 8.00. The Kier molecular flexibility index (Phi) is 5.57. The number of nitrogens with one attached hydrogen (secondary N) is 1. The zero-order chi connectivity index (χ0) is 18.7. The molecule has 0 fully saturated rings. The van der Waals surface area contributed by atoms with Crippen LogP contribution in [-0.4, -0.2) is 16.1 Å². The minimum atomic E-state index is -0.286. The number of hydrogen-bond acceptors (Lipinski definition) is 3. The van der Waals surface area contributed by atoms with Crippen LogP contribution in [0.25, 0.3) is 10.9 Å². The maximum atomic E-state index is 13.0. The highest BCUT2D eigenvalue weighted by atomic mass is 32.2. The monoisotopic (exact) mass is 368 g/mol. The summed E-state index contributed by atoms with van der Waals surface area (Å²) in [4.78, 5) is 17.2. The van der Waals surface area contributed by atoms with Gasteiger partial charge in [0.1, 0.15) is 5.82 Å². The van der Waals surface area contributed by atoms with Gasteiger partial charge in [0.25, 0.3) is 0 Å². The van der Waals surface area contributed by atoms with Gasteiger partial charge < -0.3 is 5.32 Å². The second-order valence-electron chi connectivity index (χ2n) is 6.34. The van der Waals surface area contributed by atoms with Gasteiger partial charge in [0.15, 0.2) is 0 Å². The molecule has 3 aromatic rings. The standard InChI is InChI=1S/C21H21FN2OS/c1-13-12-20(24-19-7-5-4-6-18(13)19)26-15(3)21(25)23-14(2)16-8-10-17(22)11-9-16/h4-12,14-15H,1-3H3,(H,23,25). The largest absolute Gasteiger partial charge is 0.349 e. The Hall–Kier alpha value is -2.40. The zero-order valence-electron chi connectivity index (χ0n) is 15.0. The summed E-state index contributed by atoms with van der Waals surface area (Å²) in [5.74, 6) is -0.353. The van der Waals surface area contributed by atoms with Crippen molar-refractivity contribution in [2.45, 2.75) is 37.1 Å². The summed E-state index contributed by atoms with van der Waals surface area (Å²) in [5, 5.41) is 4.65. The van der Waals surface area contributed by atoms with Crippen molar-refractivity contribution in [2.75, 3.05) is 0 Å². The van der Waals surface area contributed by atoms with E-state index < -0.39 is 0 Å². The molecule has 2 aromatic carbocycles. The SMILES string of the molecule is Cc1cc(SC(C)C(=O)NC(C)c2ccc(F)cc2)nc2ccccc12. The molecule has 0 saturated carbocycles. The Labute approximate surface area is 157 Å². The Morgan fingerprint density at radius 1 is 1.12 bits per heavy atom. The van der Waals surface area contributed by atoms with Gasteiger partial charge in [-0.25, -0.2) is 9.37 Å². The summed E-state index contributed by atoms with van der Waals surface area (Å²) in [7, 11) is 0. The van der Waals surface area contributed by atoms with Crippen molar-refractivity contribution in [3.05, 3.63) is 71.5 Å². The van der Waals surface area contributed by atoms with Crippen molar-refractivity contribution in [2.24, 2.45) is 0 Å². The number of halogens is 1. The first-order chi connectivity index (χ1) is 12.4. The molecule has 1 aromatic heterocycles. The van der Waals surface area contributed by atoms with Gasteiger partial charge in [0.2, 0.25) is 5.91 Å². The van der Waals surface area contributed by atoms with E-state index in [1.165, 1.54) is 23.9 Å². The number of carbonyl (C=O) groups is 1. The normalized spacial score (nSPS) is 13.4. The molecule has 2 atom stereocenters. The number of hydrogen-bond donors (Lipinski definition) is 1. The topological polar surface area (TPSA) is 42.0 Å². The molecule has 3 nitrogen and oxygen atoms in total. The molecule has 0 radical (unpaired) electrons. The van der Waals surface area contributed by atoms with E-state index in [9.17, 15) is 9.18 Å². The van der Waals surface area contributed by atoms with Crippen LogP contribution in [0.4, 0.5) is 4.39 Å². The summed E-state index contributed by atoms with van der Waals surface area (Å²) in [6, 6.07) is 16.0. The molecule has 1 amide bonds. The third-order valence-corrected chi connectivity index (χ3v) is 5.31. The molecular weight excluding hydrogens is 347 g/mol. The Morgan fingerprint density at radius 3 is 2.54 bits per heavy atom. The fourth-order valence-electron chi connectivity index (χ4n) is 2.78. The smallest absolute Gasteiger partial charge is 0.233 e. The fraction of sp³-hybridized carbons (Fsp3) is 0.238. The minimum absolute atomic E-state index is 0.0700. The van der Waals surface area contributed by atoms with Gasteiger partial charge in [-0.3, -0.25) is 4.79 Å². The molecule has 1 heterocycles. The van der Waals surface area contributed by atoms with E-state index >= 15 is 0 Å². The van der Waals surface area contributed by atoms with Crippen LogP contribution in [0.5, 0.6) is 0 Å². The lowest BCUT2D eigenvalue weighted by molar-refractivity contribution is -0.120. The summed E-state index contributed by atoms with van der Waals surface area (Å²) >= 11 is 1.44. The third-order valence-electron chi connectivity index (χ3n) is 4.30. The van der Waals surface area contributed by atoms with Gasteiger partial charge in [-0.1, -0.05) is 42.1 Å². The van der Waals surface area contributed by atoms with Crippen LogP contribution in [0.1, 0.15) is 31.0 Å². The zero-order valence-corrected chi connectivity index (χ0v) is 15.8. The van der Waals surface area contributed by atoms with E-state index in [1.807, 2.05) is 44.2 Å². The van der Waals surface area contributed by atoms with E-state index in [0.717, 1.165) is 27.1 Å². The van der Waals surface area contributed by atoms with E-state index in [0.29, 0.717) is 0 Å². The predicted molar refractivity (Wildman–Crippen MR) is 105 cm³/mol. The summed E-state index contributed by atoms with van der Waals surface area (Å²) in [6.07, 6.45) is 0. The molecular formula is C21H21FN2OS. The first-order valence-corrected chi connectivity index (χ1v) is 9.41. The van der Waals surface area contributed by atoms with Crippen molar-refractivity contribution in [3.8, 4) is 0 Å². The van der Waals surface area contributed by atoms with Gasteiger partial charge in [0, 0.05) is 5.39 Å². The second kappa shape index (κ2) is 7.87. The first kappa shape index (κ1) is 18.4. The van der Waals surface area contributed by atoms with Crippen molar-refractivity contribution >= 4 is 28.6 Å². The number of aryl methyl sites for hydroxylation is 1. The number of amides is 1. The van der Waals surface area contributed by atoms with E-state index in [-0.39, 0.29) is 23.0 Å². The van der Waals surface area contributed by atoms with Crippen LogP contribution >= 0.6 is 11.8 Å². The van der Waals surface area contributed by atoms with Gasteiger partial charge in [-0.2, -0.15) is 0 Å². The fourth-order valence-corrected chi connectivity index (χ4v) is 3.71. The van der Waals surface area contributed by atoms with Gasteiger partial charge in [0.05, 0.1) is 21.8 Å². The number of rotatable bonds is 5. The maximum Gasteiger partial charge on any atom is 0.233 e. The Bertz CT molecular complexity index is 927. The maximum absolute atomic E-state index is 13.0. The summed E-state index contributed by atoms with van der Waals surface area (Å²) < 4.78 is 13.0. The highest BCUT2D eigenvalue weighted by Crippen LogP contribution is 2.27. The van der Waals surface area contributed by atoms with Gasteiger partial charge >= 0.3 is 0 Å². The Balaban J connectivity index is 1.68. The average molecular weight is 368 g/mol. The average Bonchev–Trinajstić information content (AvgIpc) is 2.62. The van der Waals surface area contributed by atoms with Crippen LogP contribution < -0.4 is 5.32 Å². The lowest BCUT2D eigenvalue weighted by Crippen LogP contribution is -2.33. The number of carbonyl (C=O) groups excluding carboxylic acids is 1. The van der Waals surface area contributed by atoms with Crippen LogP contribution in [-0.2, 0) is 4.79 Å². The molecule has 1 N–H and O–H groups in total. The number of fused-ring (bicyclic) bond motifs is 1. The molecule has 0 aliphatic heterocycles. The second-order valence-corrected chi connectivity index (χ2v) is 7.70. The summed E-state index contributed by atoms with van der Waals surface area (Å²) in [5.41, 5.74) is 2.95. The quantitative estimate of drug-likeness (QED) is 0.642. The van der Waals surface area contributed by atoms with Crippen LogP contribution in [0.15, 0.2) is 59.6 Å². The van der Waals surface area contributed by atoms with Crippen molar-refractivity contribution in [3.63, 3.8) is 0 Å². The lowest BCUT2D eigenvalue weighted by atomic mass is 10.1. The molecule has 0 aliphatic carbocycles. The number of pyridine rings is 1. The predicted octanol–water partition coefficient (Wildman–Crippen LogP) is 5.04. The van der Waals surface area contributed by atoms with Gasteiger partial charge in [-0.05, 0) is 56.2 Å². The van der Waals surface area contributed by atoms with Crippen molar-refractivity contribution in [1.82, 2.24) is 10.3 Å². The number of aromatic nitrogens is 1. The molecule has 5 heteroatoms. The van der Waals surface area contributed by atoms with Crippen LogP contribution in [0.2, 0.25) is 0 Å². The highest BCUT2D eigenvalue weighted by Gasteiger charge is 2.18. The molecule has 134 valence electrons. The number of nitrogens with zero attached hydrogens (tertiary/aromatic N) is 1. The van der Waals surface area contributed by atoms with Crippen molar-refractivity contribution in [1.29, 1.82) is 0 Å². The molecule has 3 rings (SSSR count). The minimum Gasteiger partial charge on any atom is -0.349 e. The molecule has 0 bridgehead atoms. The Morgan fingerprint density at radius 2 is 1.81 bits per heavy atom. The third kappa shape index (κ3) is 4.22. The van der Waals surface area contributed by atoms with Crippen molar-refractivity contribution < 1.29 is 9.18 Å². The molecule has 0 spiro atoms. The number of benzene rings is 2. The summed E-state index contributed by atoms with van der Waals surface area (Å²) in [6.45, 7) is 5.81. The van der Waals surface area contributed by atoms with E-state index in [2.05, 4.69) is 17.2 Å². The molecule has 26 heavy (non-hydrogen) atoms.